The number of aliphatic hydroxyl groups excluding tert-OH is 2. The van der Waals surface area contributed by atoms with Crippen LogP contribution in [0.15, 0.2) is 0 Å². The molecule has 0 heterocycles. The first-order valence-corrected chi connectivity index (χ1v) is 6.58. The lowest BCUT2D eigenvalue weighted by Gasteiger charge is -2.28. The zero-order valence-corrected chi connectivity index (χ0v) is 12.5. The van der Waals surface area contributed by atoms with Crippen LogP contribution in [0.5, 0.6) is 0 Å². The third kappa shape index (κ3) is 8.84. The molecule has 3 unspecified atom stereocenters. The summed E-state index contributed by atoms with van der Waals surface area (Å²) in [5.41, 5.74) is -0.629. The molecule has 0 bridgehead atoms. The topological polar surface area (TPSA) is 105 Å². The van der Waals surface area contributed by atoms with Crippen LogP contribution in [-0.4, -0.2) is 53.7 Å². The van der Waals surface area contributed by atoms with Crippen molar-refractivity contribution in [3.63, 3.8) is 0 Å². The van der Waals surface area contributed by atoms with E-state index < -0.39 is 29.9 Å². The van der Waals surface area contributed by atoms with E-state index in [1.54, 1.807) is 14.0 Å². The van der Waals surface area contributed by atoms with Gasteiger partial charge in [-0.05, 0) is 34.2 Å². The molecule has 0 aliphatic carbocycles. The summed E-state index contributed by atoms with van der Waals surface area (Å²) in [5.74, 6) is -0.981. The zero-order valence-electron chi connectivity index (χ0n) is 12.5. The second-order valence-corrected chi connectivity index (χ2v) is 5.11. The second kappa shape index (κ2) is 8.89. The van der Waals surface area contributed by atoms with Gasteiger partial charge < -0.3 is 25.0 Å². The van der Waals surface area contributed by atoms with Crippen molar-refractivity contribution < 1.29 is 29.3 Å². The number of nitrogens with one attached hydrogen (secondary N) is 1. The van der Waals surface area contributed by atoms with Crippen LogP contribution in [0.3, 0.4) is 0 Å². The Morgan fingerprint density at radius 1 is 1.25 bits per heavy atom. The van der Waals surface area contributed by atoms with E-state index in [2.05, 4.69) is 10.1 Å². The van der Waals surface area contributed by atoms with Crippen molar-refractivity contribution >= 4 is 11.9 Å². The predicted molar refractivity (Wildman–Crippen MR) is 71.7 cm³/mol. The van der Waals surface area contributed by atoms with E-state index in [-0.39, 0.29) is 19.4 Å². The smallest absolute Gasteiger partial charge is 0.309 e. The molecule has 7 nitrogen and oxygen atoms in total. The lowest BCUT2D eigenvalue weighted by molar-refractivity contribution is -0.166. The summed E-state index contributed by atoms with van der Waals surface area (Å²) in [5, 5.41) is 20.9. The van der Waals surface area contributed by atoms with Gasteiger partial charge >= 0.3 is 11.9 Å². The van der Waals surface area contributed by atoms with Crippen LogP contribution >= 0.6 is 0 Å². The third-order valence-electron chi connectivity index (χ3n) is 2.81. The molecular weight excluding hydrogens is 266 g/mol. The van der Waals surface area contributed by atoms with Crippen molar-refractivity contribution in [1.29, 1.82) is 0 Å². The van der Waals surface area contributed by atoms with Gasteiger partial charge in [-0.3, -0.25) is 9.59 Å². The molecular formula is C13H25NO6. The maximum Gasteiger partial charge on any atom is 0.309 e. The molecule has 0 spiro atoms. The van der Waals surface area contributed by atoms with E-state index in [0.717, 1.165) is 0 Å². The molecule has 0 fully saturated rings. The van der Waals surface area contributed by atoms with E-state index >= 15 is 0 Å². The normalized spacial score (nSPS) is 16.9. The molecule has 3 N–H and O–H groups in total. The van der Waals surface area contributed by atoms with Gasteiger partial charge in [-0.2, -0.15) is 0 Å². The Morgan fingerprint density at radius 2 is 1.85 bits per heavy atom. The Balaban J connectivity index is 4.23. The molecule has 7 heteroatoms. The Morgan fingerprint density at radius 3 is 2.30 bits per heavy atom. The summed E-state index contributed by atoms with van der Waals surface area (Å²) in [4.78, 5) is 23.0. The fourth-order valence-electron chi connectivity index (χ4n) is 1.52. The SMILES string of the molecule is CNC(C)(CCC(=O)OCC(C)O)CC(=O)OC(C)O. The minimum absolute atomic E-state index is 0.0259. The molecule has 0 aliphatic rings. The molecule has 0 rings (SSSR count). The number of hydrogen-bond acceptors (Lipinski definition) is 7. The van der Waals surface area contributed by atoms with Crippen molar-refractivity contribution in [2.75, 3.05) is 13.7 Å². The molecule has 0 saturated heterocycles. The van der Waals surface area contributed by atoms with Crippen molar-refractivity contribution in [3.8, 4) is 0 Å². The fraction of sp³-hybridized carbons (Fsp3) is 0.846. The zero-order chi connectivity index (χ0) is 15.8. The van der Waals surface area contributed by atoms with E-state index in [4.69, 9.17) is 14.9 Å². The van der Waals surface area contributed by atoms with Crippen LogP contribution in [0.4, 0.5) is 0 Å². The molecule has 0 aliphatic heterocycles. The highest BCUT2D eigenvalue weighted by Gasteiger charge is 2.28. The van der Waals surface area contributed by atoms with Gasteiger partial charge in [0.25, 0.3) is 0 Å². The molecule has 3 atom stereocenters. The maximum absolute atomic E-state index is 11.5. The lowest BCUT2D eigenvalue weighted by atomic mass is 9.92. The molecule has 0 aromatic heterocycles. The first-order chi connectivity index (χ1) is 9.18. The van der Waals surface area contributed by atoms with Gasteiger partial charge in [0.1, 0.15) is 6.61 Å². The number of carbonyl (C=O) groups is 2. The molecule has 0 aromatic carbocycles. The van der Waals surface area contributed by atoms with Gasteiger partial charge in [0.05, 0.1) is 12.5 Å². The summed E-state index contributed by atoms with van der Waals surface area (Å²) < 4.78 is 9.50. The van der Waals surface area contributed by atoms with Crippen LogP contribution in [0.1, 0.15) is 40.0 Å². The first kappa shape index (κ1) is 18.8. The van der Waals surface area contributed by atoms with Crippen LogP contribution in [0.25, 0.3) is 0 Å². The highest BCUT2D eigenvalue weighted by Crippen LogP contribution is 2.18. The van der Waals surface area contributed by atoms with Crippen molar-refractivity contribution in [3.05, 3.63) is 0 Å². The summed E-state index contributed by atoms with van der Waals surface area (Å²) in [6.07, 6.45) is -1.34. The maximum atomic E-state index is 11.5. The Kier molecular flexibility index (Phi) is 8.36. The number of carbonyl (C=O) groups excluding carboxylic acids is 2. The van der Waals surface area contributed by atoms with E-state index in [1.807, 2.05) is 0 Å². The molecule has 20 heavy (non-hydrogen) atoms. The second-order valence-electron chi connectivity index (χ2n) is 5.11. The molecule has 0 amide bonds. The summed E-state index contributed by atoms with van der Waals surface area (Å²) in [6, 6.07) is 0. The van der Waals surface area contributed by atoms with Crippen LogP contribution in [0.2, 0.25) is 0 Å². The summed E-state index contributed by atoms with van der Waals surface area (Å²) in [7, 11) is 1.68. The average molecular weight is 291 g/mol. The monoisotopic (exact) mass is 291 g/mol. The standard InChI is InChI=1S/C13H25NO6/c1-9(15)8-19-11(17)5-6-13(3,14-4)7-12(18)20-10(2)16/h9-10,14-16H,5-8H2,1-4H3. The van der Waals surface area contributed by atoms with Crippen molar-refractivity contribution in [2.45, 2.75) is 58.0 Å². The first-order valence-electron chi connectivity index (χ1n) is 6.58. The van der Waals surface area contributed by atoms with Crippen LogP contribution < -0.4 is 5.32 Å². The summed E-state index contributed by atoms with van der Waals surface area (Å²) in [6.45, 7) is 4.61. The average Bonchev–Trinajstić information content (AvgIpc) is 2.32. The van der Waals surface area contributed by atoms with Crippen molar-refractivity contribution in [1.82, 2.24) is 5.32 Å². The largest absolute Gasteiger partial charge is 0.463 e. The fourth-order valence-corrected chi connectivity index (χ4v) is 1.52. The number of esters is 2. The van der Waals surface area contributed by atoms with Crippen LogP contribution in [0, 0.1) is 0 Å². The lowest BCUT2D eigenvalue weighted by Crippen LogP contribution is -2.43. The highest BCUT2D eigenvalue weighted by molar-refractivity contribution is 5.72. The predicted octanol–water partition coefficient (Wildman–Crippen LogP) is -0.0597. The number of rotatable bonds is 9. The minimum atomic E-state index is -1.15. The number of ether oxygens (including phenoxy) is 2. The van der Waals surface area contributed by atoms with E-state index in [0.29, 0.717) is 6.42 Å². The van der Waals surface area contributed by atoms with Gasteiger partial charge in [0.15, 0.2) is 6.29 Å². The number of hydrogen-bond donors (Lipinski definition) is 3. The third-order valence-corrected chi connectivity index (χ3v) is 2.81. The molecule has 0 saturated carbocycles. The van der Waals surface area contributed by atoms with Gasteiger partial charge in [-0.1, -0.05) is 0 Å². The van der Waals surface area contributed by atoms with Gasteiger partial charge in [0.2, 0.25) is 0 Å². The molecule has 118 valence electrons. The van der Waals surface area contributed by atoms with E-state index in [9.17, 15) is 9.59 Å². The molecule has 0 aromatic rings. The quantitative estimate of drug-likeness (QED) is 0.404. The minimum Gasteiger partial charge on any atom is -0.463 e. The Hall–Kier alpha value is -1.18. The highest BCUT2D eigenvalue weighted by atomic mass is 16.6. The molecule has 0 radical (unpaired) electrons. The van der Waals surface area contributed by atoms with Gasteiger partial charge in [-0.25, -0.2) is 0 Å². The van der Waals surface area contributed by atoms with Crippen molar-refractivity contribution in [2.24, 2.45) is 0 Å². The van der Waals surface area contributed by atoms with Gasteiger partial charge in [0, 0.05) is 12.0 Å². The summed E-state index contributed by atoms with van der Waals surface area (Å²) >= 11 is 0. The van der Waals surface area contributed by atoms with E-state index in [1.165, 1.54) is 13.8 Å². The van der Waals surface area contributed by atoms with Crippen LogP contribution in [-0.2, 0) is 19.1 Å². The number of aliphatic hydroxyl groups is 2. The van der Waals surface area contributed by atoms with Gasteiger partial charge in [-0.15, -0.1) is 0 Å². The Labute approximate surface area is 119 Å². The Bertz CT molecular complexity index is 318.